The van der Waals surface area contributed by atoms with Crippen LogP contribution in [-0.4, -0.2) is 103 Å². The van der Waals surface area contributed by atoms with Crippen LogP contribution in [0.4, 0.5) is 21.0 Å². The second-order valence-corrected chi connectivity index (χ2v) is 29.6. The molecule has 2 aliphatic heterocycles. The summed E-state index contributed by atoms with van der Waals surface area (Å²) in [6.45, 7) is 3.81. The molecule has 3 unspecified atom stereocenters. The van der Waals surface area contributed by atoms with E-state index in [2.05, 4.69) is 70.5 Å². The van der Waals surface area contributed by atoms with Gasteiger partial charge in [0.25, 0.3) is 20.0 Å². The first kappa shape index (κ1) is 69.8. The fourth-order valence-corrected chi connectivity index (χ4v) is 18.7. The van der Waals surface area contributed by atoms with E-state index < -0.39 is 50.5 Å². The third-order valence-electron chi connectivity index (χ3n) is 19.5. The molecule has 0 bridgehead atoms. The summed E-state index contributed by atoms with van der Waals surface area (Å²) in [5.41, 5.74) is 6.92. The maximum atomic E-state index is 15.3. The summed E-state index contributed by atoms with van der Waals surface area (Å²) >= 11 is 0. The summed E-state index contributed by atoms with van der Waals surface area (Å²) in [7, 11) is -8.13. The molecule has 2 fully saturated rings. The van der Waals surface area contributed by atoms with Crippen LogP contribution in [0.15, 0.2) is 307 Å². The Labute approximate surface area is 588 Å². The smallest absolute Gasteiger partial charge is 0.408 e. The highest BCUT2D eigenvalue weighted by molar-refractivity contribution is 7.93. The van der Waals surface area contributed by atoms with Gasteiger partial charge < -0.3 is 15.1 Å². The van der Waals surface area contributed by atoms with Gasteiger partial charge in [0.1, 0.15) is 0 Å². The molecule has 16 heteroatoms. The Morgan fingerprint density at radius 1 is 0.400 bits per heavy atom. The number of carboxylic acid groups (broad SMARTS) is 2. The molecule has 0 aromatic heterocycles. The topological polar surface area (TPSA) is 162 Å². The molecule has 2 amide bonds. The predicted molar refractivity (Wildman–Crippen MR) is 400 cm³/mol. The van der Waals surface area contributed by atoms with E-state index in [1.165, 1.54) is 21.6 Å². The lowest BCUT2D eigenvalue weighted by Crippen LogP contribution is -2.64. The maximum absolute atomic E-state index is 15.3. The second kappa shape index (κ2) is 33.2. The Balaban J connectivity index is 0.000000191. The summed E-state index contributed by atoms with van der Waals surface area (Å²) < 4.78 is 63.1. The summed E-state index contributed by atoms with van der Waals surface area (Å²) in [4.78, 5) is 33.9. The van der Waals surface area contributed by atoms with E-state index in [0.29, 0.717) is 67.3 Å². The first-order chi connectivity index (χ1) is 48.8. The highest BCUT2D eigenvalue weighted by Crippen LogP contribution is 2.42. The van der Waals surface area contributed by atoms with E-state index in [-0.39, 0.29) is 34.8 Å². The quantitative estimate of drug-likeness (QED) is 0.0563. The molecule has 14 nitrogen and oxygen atoms in total. The van der Waals surface area contributed by atoms with Gasteiger partial charge in [-0.05, 0) is 133 Å². The molecule has 11 aromatic rings. The van der Waals surface area contributed by atoms with Crippen molar-refractivity contribution in [1.82, 2.24) is 19.6 Å². The van der Waals surface area contributed by atoms with Crippen LogP contribution in [0.5, 0.6) is 0 Å². The molecule has 11 aromatic carbocycles. The van der Waals surface area contributed by atoms with E-state index in [9.17, 15) is 28.2 Å². The van der Waals surface area contributed by atoms with Gasteiger partial charge >= 0.3 is 12.2 Å². The molecule has 0 spiro atoms. The predicted octanol–water partition coefficient (Wildman–Crippen LogP) is 17.5. The molecule has 13 rings (SSSR count). The summed E-state index contributed by atoms with van der Waals surface area (Å²) in [5, 5.41) is 24.1. The van der Waals surface area contributed by atoms with E-state index in [0.717, 1.165) is 60.8 Å². The zero-order valence-corrected chi connectivity index (χ0v) is 57.8. The minimum absolute atomic E-state index is 0.189. The molecule has 5 atom stereocenters. The number of fused-ring (bicyclic) bond motifs is 2. The van der Waals surface area contributed by atoms with Crippen molar-refractivity contribution in [1.29, 1.82) is 0 Å². The van der Waals surface area contributed by atoms with Crippen molar-refractivity contribution >= 4 is 65.2 Å². The minimum atomic E-state index is -4.15. The number of hydrogen-bond donors (Lipinski definition) is 2. The van der Waals surface area contributed by atoms with Gasteiger partial charge in [-0.25, -0.2) is 26.4 Å². The van der Waals surface area contributed by atoms with Crippen LogP contribution in [0.25, 0.3) is 21.5 Å². The number of rotatable bonds is 25. The fraction of sp³-hybridized carbons (Fsp3) is 0.238. The summed E-state index contributed by atoms with van der Waals surface area (Å²) in [6, 6.07) is 94.5. The van der Waals surface area contributed by atoms with Gasteiger partial charge in [0.05, 0.1) is 33.4 Å². The Bertz CT molecular complexity index is 4570. The van der Waals surface area contributed by atoms with Crippen molar-refractivity contribution < 1.29 is 36.6 Å². The van der Waals surface area contributed by atoms with Crippen molar-refractivity contribution in [2.45, 2.75) is 112 Å². The van der Waals surface area contributed by atoms with Crippen LogP contribution in [-0.2, 0) is 52.6 Å². The van der Waals surface area contributed by atoms with Gasteiger partial charge in [-0.3, -0.25) is 23.3 Å². The largest absolute Gasteiger partial charge is 0.465 e. The number of nitrogens with zero attached hydrogens (tertiary/aromatic N) is 6. The van der Waals surface area contributed by atoms with Gasteiger partial charge in [-0.1, -0.05) is 261 Å². The number of hydrogen-bond acceptors (Lipinski definition) is 8. The summed E-state index contributed by atoms with van der Waals surface area (Å²) in [5.74, 6) is -0.374. The van der Waals surface area contributed by atoms with Crippen molar-refractivity contribution in [2.75, 3.05) is 28.2 Å². The van der Waals surface area contributed by atoms with Crippen LogP contribution in [0.3, 0.4) is 0 Å². The Morgan fingerprint density at radius 2 is 0.790 bits per heavy atom. The molecule has 2 saturated heterocycles. The van der Waals surface area contributed by atoms with Crippen LogP contribution in [0, 0.1) is 5.92 Å². The molecule has 2 N–H and O–H groups in total. The Morgan fingerprint density at radius 3 is 1.26 bits per heavy atom. The van der Waals surface area contributed by atoms with Gasteiger partial charge in [0.15, 0.2) is 0 Å². The van der Waals surface area contributed by atoms with Crippen molar-refractivity contribution in [3.05, 3.63) is 325 Å². The fourth-order valence-electron chi connectivity index (χ4n) is 14.9. The zero-order valence-electron chi connectivity index (χ0n) is 56.1. The van der Waals surface area contributed by atoms with Crippen LogP contribution in [0.2, 0.25) is 0 Å². The normalized spacial score (nSPS) is 17.2. The molecule has 0 aliphatic carbocycles. The van der Waals surface area contributed by atoms with Gasteiger partial charge in [0.2, 0.25) is 0 Å². The van der Waals surface area contributed by atoms with Crippen molar-refractivity contribution in [3.63, 3.8) is 0 Å². The molecule has 100 heavy (non-hydrogen) atoms. The number of aryl methyl sites for hydroxylation is 1. The highest BCUT2D eigenvalue weighted by Gasteiger charge is 2.49. The standard InChI is InChI=1S/C45H45N3O4S.C39H41N3O4S/c49-45(50)47-32-31-42(48(39-26-11-4-12-27-39)53(51,52)43-30-16-25-38-24-13-14-28-40(38)43)41(29-15-23-35-17-5-1-6-18-35)44(47)46(33-36-19-7-2-8-20-36)34-37-21-9-3-10-22-37;43-39(44)41-27-25-36(28-35(41)22-13-26-40(29-31-14-4-1-5-15-31)30-32-16-6-2-7-17-32)42(34-20-8-3-9-21-34)47(45,46)38-24-12-19-33-18-10-11-23-37(33)38/h1-14,16-22,24-28,30,41-42,44H,15,23,29,31-34H2,(H,49,50);1-12,14-21,23-24,35-36H,13,22,25-30H2,(H,43,44)/t41?,42?,44-;35?,36-/m00/s1. The minimum Gasteiger partial charge on any atom is -0.465 e. The number of likely N-dealkylation sites (tertiary alicyclic amines) is 2. The average molecular weight is 1370 g/mol. The first-order valence-electron chi connectivity index (χ1n) is 34.6. The third kappa shape index (κ3) is 16.9. The van der Waals surface area contributed by atoms with Crippen LogP contribution in [0.1, 0.15) is 72.8 Å². The SMILES string of the molecule is O=C(O)N1CCC(N(c2ccccc2)S(=O)(=O)c2cccc3ccccc23)C(CCCc2ccccc2)[C@H]1N(Cc1ccccc1)Cc1ccccc1.O=C(O)N1CC[C@H](N(c2ccccc2)S(=O)(=O)c2cccc3ccccc23)CC1CCCN(Cc1ccccc1)Cc1ccccc1. The molecule has 2 heterocycles. The first-order valence-corrected chi connectivity index (χ1v) is 37.5. The van der Waals surface area contributed by atoms with Crippen molar-refractivity contribution in [3.8, 4) is 0 Å². The Kier molecular flexibility index (Phi) is 23.1. The highest BCUT2D eigenvalue weighted by atomic mass is 32.2. The van der Waals surface area contributed by atoms with Gasteiger partial charge in [-0.2, -0.15) is 0 Å². The molecule has 2 aliphatic rings. The lowest BCUT2D eigenvalue weighted by Gasteiger charge is -2.52. The van der Waals surface area contributed by atoms with Gasteiger partial charge in [-0.15, -0.1) is 0 Å². The van der Waals surface area contributed by atoms with Gasteiger partial charge in [0, 0.05) is 68.0 Å². The Hall–Kier alpha value is -10.1. The lowest BCUT2D eigenvalue weighted by molar-refractivity contribution is -0.0355. The number of sulfonamides is 2. The second-order valence-electron chi connectivity index (χ2n) is 26.0. The number of benzene rings is 11. The van der Waals surface area contributed by atoms with Crippen LogP contribution < -0.4 is 8.61 Å². The molecular weight excluding hydrogens is 1290 g/mol. The zero-order chi connectivity index (χ0) is 69.3. The average Bonchev–Trinajstić information content (AvgIpc) is 0.806. The molecular formula is C84H86N6O8S2. The number of amides is 2. The lowest BCUT2D eigenvalue weighted by atomic mass is 9.83. The number of anilines is 2. The van der Waals surface area contributed by atoms with E-state index >= 15 is 8.42 Å². The van der Waals surface area contributed by atoms with Crippen LogP contribution >= 0.6 is 0 Å². The number of para-hydroxylation sites is 2. The van der Waals surface area contributed by atoms with Crippen molar-refractivity contribution in [2.24, 2.45) is 5.92 Å². The molecule has 512 valence electrons. The van der Waals surface area contributed by atoms with E-state index in [4.69, 9.17) is 0 Å². The number of carbonyl (C=O) groups is 2. The van der Waals surface area contributed by atoms with E-state index in [1.54, 1.807) is 37.8 Å². The summed E-state index contributed by atoms with van der Waals surface area (Å²) in [6.07, 6.45) is 2.19. The van der Waals surface area contributed by atoms with E-state index in [1.807, 2.05) is 212 Å². The molecule has 0 radical (unpaired) electrons. The number of piperidine rings is 2. The monoisotopic (exact) mass is 1370 g/mol. The maximum Gasteiger partial charge on any atom is 0.408 e. The molecule has 0 saturated carbocycles. The third-order valence-corrected chi connectivity index (χ3v) is 23.3.